The predicted octanol–water partition coefficient (Wildman–Crippen LogP) is 10.0. The van der Waals surface area contributed by atoms with Crippen LogP contribution in [0, 0.1) is 0 Å². The first kappa shape index (κ1) is 69.8. The van der Waals surface area contributed by atoms with Gasteiger partial charge in [0.05, 0.1) is 68.1 Å². The third-order valence-electron chi connectivity index (χ3n) is 15.2. The zero-order valence-electron chi connectivity index (χ0n) is 51.7. The molecule has 0 atom stereocenters. The van der Waals surface area contributed by atoms with Crippen molar-refractivity contribution in [2.75, 3.05) is 113 Å². The number of aromatic nitrogens is 8. The number of sulfone groups is 2. The number of fused-ring (bicyclic) bond motifs is 2. The van der Waals surface area contributed by atoms with Crippen LogP contribution in [0.3, 0.4) is 0 Å². The molecule has 2 aliphatic heterocycles. The molecule has 10 rings (SSSR count). The standard InChI is InChI=1S/C30H37BrN8O3S.C16H27N3O.C14H11BrClN5O2S.B2/c1-6-19-15-25(27(42-4)16-26(19)39-13-9-20(10-14-39)38(2)3)36-30-34-17-22(31)29(37-30)35-23-7-8-24-28(33-12-11-32-24)21(23)18-43(5,40)41;1-5-12-10-14(17)16(20-4)11-15(12)19-8-6-13(7-9-19)18(2)3;1-24(22,23)7-8-10(2-3-11-12(8)18-5-4-17-11)20-13-9(15)6-19-14(16)21-13;1-2/h7-8,11-12,15-17,20H,6,9-10,13-14,18H2,1-5H3,(H2,34,35,36,37);10-11,13H,5-9,17H2,1-4H3;2-6H,7H2,1H3,(H,19,20,21);/q;;;-1. The van der Waals surface area contributed by atoms with E-state index in [0.717, 1.165) is 69.0 Å². The second kappa shape index (κ2) is 31.9. The van der Waals surface area contributed by atoms with E-state index in [1.165, 1.54) is 60.2 Å². The molecule has 2 saturated heterocycles. The molecule has 4 aromatic heterocycles. The zero-order chi connectivity index (χ0) is 64.7. The Bertz CT molecular complexity index is 3960. The van der Waals surface area contributed by atoms with Gasteiger partial charge in [-0.05, 0) is 158 Å². The largest absolute Gasteiger partial charge is 0.693 e. The second-order valence-electron chi connectivity index (χ2n) is 21.7. The van der Waals surface area contributed by atoms with E-state index in [-0.39, 0.29) is 16.8 Å². The van der Waals surface area contributed by atoms with E-state index < -0.39 is 19.7 Å². The summed E-state index contributed by atoms with van der Waals surface area (Å²) in [4.78, 5) is 43.9. The smallest absolute Gasteiger partial charge is 0.229 e. The normalized spacial score (nSPS) is 13.9. The van der Waals surface area contributed by atoms with Crippen LogP contribution < -0.4 is 41.0 Å². The number of nitrogens with two attached hydrogens (primary N) is 1. The van der Waals surface area contributed by atoms with E-state index in [4.69, 9.17) is 31.8 Å². The molecule has 471 valence electrons. The molecule has 29 heteroatoms. The molecular formula is C60H75B2Br2ClN16O6S2-. The first-order chi connectivity index (χ1) is 42.5. The lowest BCUT2D eigenvalue weighted by molar-refractivity contribution is 0.249. The van der Waals surface area contributed by atoms with Crippen molar-refractivity contribution in [3.63, 3.8) is 0 Å². The van der Waals surface area contributed by atoms with E-state index in [2.05, 4.69) is 184 Å². The molecule has 5 N–H and O–H groups in total. The van der Waals surface area contributed by atoms with Gasteiger partial charge in [0.2, 0.25) is 11.2 Å². The Morgan fingerprint density at radius 3 is 1.48 bits per heavy atom. The minimum absolute atomic E-state index is 0.0749. The summed E-state index contributed by atoms with van der Waals surface area (Å²) in [5.41, 5.74) is 16.9. The van der Waals surface area contributed by atoms with Gasteiger partial charge >= 0.3 is 0 Å². The molecule has 0 aliphatic carbocycles. The molecule has 0 unspecified atom stereocenters. The Kier molecular flexibility index (Phi) is 25.0. The fourth-order valence-electron chi connectivity index (χ4n) is 10.7. The van der Waals surface area contributed by atoms with Gasteiger partial charge in [0.1, 0.15) is 23.1 Å². The molecule has 2 fully saturated rings. The highest BCUT2D eigenvalue weighted by Gasteiger charge is 2.26. The maximum absolute atomic E-state index is 12.3. The summed E-state index contributed by atoms with van der Waals surface area (Å²) in [5.74, 6) is 2.35. The number of ether oxygens (including phenoxy) is 2. The molecule has 5 radical (unpaired) electrons. The number of nitrogen functional groups attached to an aromatic ring is 1. The highest BCUT2D eigenvalue weighted by Crippen LogP contribution is 2.39. The van der Waals surface area contributed by atoms with Crippen LogP contribution in [0.5, 0.6) is 11.5 Å². The average molecular weight is 1400 g/mol. The van der Waals surface area contributed by atoms with Crippen LogP contribution in [0.1, 0.15) is 61.8 Å². The molecule has 0 bridgehead atoms. The van der Waals surface area contributed by atoms with E-state index in [9.17, 15) is 16.8 Å². The minimum Gasteiger partial charge on any atom is -0.693 e. The third kappa shape index (κ3) is 18.7. The van der Waals surface area contributed by atoms with Crippen LogP contribution in [0.25, 0.3) is 22.1 Å². The van der Waals surface area contributed by atoms with Gasteiger partial charge in [-0.15, -0.1) is 0 Å². The van der Waals surface area contributed by atoms with Crippen molar-refractivity contribution in [1.29, 1.82) is 0 Å². The molecule has 0 spiro atoms. The first-order valence-electron chi connectivity index (χ1n) is 28.6. The highest BCUT2D eigenvalue weighted by atomic mass is 79.9. The molecule has 6 heterocycles. The van der Waals surface area contributed by atoms with Crippen LogP contribution in [0.15, 0.2) is 94.7 Å². The van der Waals surface area contributed by atoms with E-state index in [1.54, 1.807) is 63.3 Å². The van der Waals surface area contributed by atoms with Crippen molar-refractivity contribution in [2.24, 2.45) is 0 Å². The summed E-state index contributed by atoms with van der Waals surface area (Å²) in [6.07, 6.45) is 18.3. The summed E-state index contributed by atoms with van der Waals surface area (Å²) in [5, 5.41) is 9.78. The molecule has 22 nitrogen and oxygen atoms in total. The van der Waals surface area contributed by atoms with Gasteiger partial charge in [-0.25, -0.2) is 26.8 Å². The first-order valence-corrected chi connectivity index (χ1v) is 34.7. The topological polar surface area (TPSA) is 265 Å². The Morgan fingerprint density at radius 2 is 1.04 bits per heavy atom. The fourth-order valence-corrected chi connectivity index (χ4v) is 13.0. The summed E-state index contributed by atoms with van der Waals surface area (Å²) >= 11 is 12.7. The quantitative estimate of drug-likeness (QED) is 0.0353. The number of aryl methyl sites for hydroxylation is 2. The number of hydrogen-bond donors (Lipinski definition) is 4. The Balaban J connectivity index is 0.000000206. The summed E-state index contributed by atoms with van der Waals surface area (Å²) < 4.78 is 60.7. The van der Waals surface area contributed by atoms with Crippen molar-refractivity contribution in [1.82, 2.24) is 49.7 Å². The van der Waals surface area contributed by atoms with Crippen LogP contribution in [0.4, 0.5) is 51.7 Å². The number of piperidine rings is 2. The lowest BCUT2D eigenvalue weighted by Gasteiger charge is -2.37. The summed E-state index contributed by atoms with van der Waals surface area (Å²) in [6, 6.07) is 16.8. The molecule has 89 heavy (non-hydrogen) atoms. The lowest BCUT2D eigenvalue weighted by atomic mass is 9.81. The monoisotopic (exact) mass is 1390 g/mol. The number of rotatable bonds is 18. The Hall–Kier alpha value is -6.68. The van der Waals surface area contributed by atoms with Crippen LogP contribution in [0.2, 0.25) is 5.28 Å². The number of anilines is 9. The predicted molar refractivity (Wildman–Crippen MR) is 369 cm³/mol. The molecular weight excluding hydrogens is 1320 g/mol. The van der Waals surface area contributed by atoms with Crippen LogP contribution in [-0.4, -0.2) is 175 Å². The Morgan fingerprint density at radius 1 is 0.618 bits per heavy atom. The molecule has 0 amide bonds. The van der Waals surface area contributed by atoms with Crippen molar-refractivity contribution in [3.8, 4) is 11.5 Å². The second-order valence-corrected chi connectivity index (χ2v) is 28.1. The average Bonchev–Trinajstić information content (AvgIpc) is 1.04. The minimum atomic E-state index is -3.36. The lowest BCUT2D eigenvalue weighted by Crippen LogP contribution is -2.42. The molecule has 8 aromatic rings. The number of hydrogen-bond acceptors (Lipinski definition) is 22. The van der Waals surface area contributed by atoms with Crippen molar-refractivity contribution in [2.45, 2.75) is 76.0 Å². The van der Waals surface area contributed by atoms with Gasteiger partial charge in [-0.3, -0.25) is 19.9 Å². The molecule has 2 aliphatic rings. The van der Waals surface area contributed by atoms with Crippen molar-refractivity contribution >= 4 is 152 Å². The number of halogens is 3. The van der Waals surface area contributed by atoms with E-state index >= 15 is 0 Å². The maximum atomic E-state index is 12.3. The molecule has 0 saturated carbocycles. The highest BCUT2D eigenvalue weighted by molar-refractivity contribution is 9.11. The maximum Gasteiger partial charge on any atom is 0.229 e. The van der Waals surface area contributed by atoms with Gasteiger partial charge in [0, 0.05) is 134 Å². The van der Waals surface area contributed by atoms with Gasteiger partial charge in [-0.1, -0.05) is 13.8 Å². The summed E-state index contributed by atoms with van der Waals surface area (Å²) in [6.45, 7) is 8.53. The summed E-state index contributed by atoms with van der Waals surface area (Å²) in [7, 11) is 13.3. The van der Waals surface area contributed by atoms with E-state index in [0.29, 0.717) is 88.9 Å². The Labute approximate surface area is 546 Å². The van der Waals surface area contributed by atoms with Gasteiger partial charge in [-0.2, -0.15) is 9.97 Å². The number of nitrogens with one attached hydrogen (secondary N) is 3. The molecule has 4 aromatic carbocycles. The fraction of sp³-hybridized carbons (Fsp3) is 0.400. The number of benzene rings is 4. The van der Waals surface area contributed by atoms with Crippen molar-refractivity contribution in [3.05, 3.63) is 122 Å². The number of nitrogens with zero attached hydrogens (tertiary/aromatic N) is 12. The van der Waals surface area contributed by atoms with Crippen LogP contribution >= 0.6 is 43.5 Å². The van der Waals surface area contributed by atoms with E-state index in [1.807, 2.05) is 0 Å². The third-order valence-corrected chi connectivity index (χ3v) is 18.1. The van der Waals surface area contributed by atoms with Crippen LogP contribution in [-0.2, 0) is 44.0 Å². The van der Waals surface area contributed by atoms with Crippen molar-refractivity contribution < 1.29 is 26.3 Å². The van der Waals surface area contributed by atoms with Gasteiger partial charge in [0.25, 0.3) is 0 Å². The van der Waals surface area contributed by atoms with Gasteiger partial charge < -0.3 is 66.2 Å². The van der Waals surface area contributed by atoms with Gasteiger partial charge in [0.15, 0.2) is 19.7 Å². The SMILES string of the molecule is CCc1cc(N)c(OC)cc1N1CCC(N(C)C)CC1.CCc1cc(Nc2ncc(Br)c(Nc3ccc4nccnc4c3CS(C)(=O)=O)n2)c(OC)cc1N1CCC(N(C)C)CC1.CS(=O)(=O)Cc1c(Nc2nc(Cl)ncc2Br)ccc2nccnc12.[B][B-]. The number of methoxy groups -OCH3 is 2. The zero-order valence-corrected chi connectivity index (χ0v) is 57.3.